The standard InChI is InChI=1S/C24H26F2N2O3S/c25-15-7-8-22(20(26)11-15)32(30,31)28-17-12-19-18(14-23(29)24(19)9-4-10-24)21(13-17)27-16-5-2-1-3-6-16/h7-8,11-13,16,27-28H,1-6,9-10,14H2. The highest BCUT2D eigenvalue weighted by Gasteiger charge is 2.51. The topological polar surface area (TPSA) is 75.3 Å². The van der Waals surface area contributed by atoms with Gasteiger partial charge in [0.05, 0.1) is 11.1 Å². The minimum atomic E-state index is -4.27. The Kier molecular flexibility index (Phi) is 5.23. The van der Waals surface area contributed by atoms with Crippen molar-refractivity contribution in [2.45, 2.75) is 74.1 Å². The Morgan fingerprint density at radius 3 is 2.38 bits per heavy atom. The summed E-state index contributed by atoms with van der Waals surface area (Å²) in [5.74, 6) is -1.80. The number of fused-ring (bicyclic) bond motifs is 2. The third-order valence-corrected chi connectivity index (χ3v) is 8.66. The fourth-order valence-electron chi connectivity index (χ4n) is 5.41. The van der Waals surface area contributed by atoms with Crippen LogP contribution in [0, 0.1) is 11.6 Å². The van der Waals surface area contributed by atoms with Gasteiger partial charge >= 0.3 is 0 Å². The minimum Gasteiger partial charge on any atom is -0.382 e. The van der Waals surface area contributed by atoms with Crippen LogP contribution in [0.1, 0.15) is 62.5 Å². The van der Waals surface area contributed by atoms with Gasteiger partial charge in [0.15, 0.2) is 0 Å². The Labute approximate surface area is 186 Å². The summed E-state index contributed by atoms with van der Waals surface area (Å²) in [6.45, 7) is 0. The lowest BCUT2D eigenvalue weighted by Gasteiger charge is -2.38. The van der Waals surface area contributed by atoms with Gasteiger partial charge in [0, 0.05) is 24.2 Å². The van der Waals surface area contributed by atoms with E-state index in [0.29, 0.717) is 12.5 Å². The van der Waals surface area contributed by atoms with Gasteiger partial charge in [0.25, 0.3) is 10.0 Å². The van der Waals surface area contributed by atoms with Crippen molar-refractivity contribution < 1.29 is 22.0 Å². The fraction of sp³-hybridized carbons (Fsp3) is 0.458. The molecule has 8 heteroatoms. The molecule has 2 aromatic rings. The summed E-state index contributed by atoms with van der Waals surface area (Å²) >= 11 is 0. The summed E-state index contributed by atoms with van der Waals surface area (Å²) in [5, 5.41) is 3.56. The minimum absolute atomic E-state index is 0.190. The lowest BCUT2D eigenvalue weighted by Crippen LogP contribution is -2.39. The van der Waals surface area contributed by atoms with Crippen LogP contribution in [0.5, 0.6) is 0 Å². The van der Waals surface area contributed by atoms with Crippen LogP contribution < -0.4 is 10.0 Å². The molecule has 0 aromatic heterocycles. The van der Waals surface area contributed by atoms with E-state index in [0.717, 1.165) is 73.9 Å². The molecule has 2 N–H and O–H groups in total. The zero-order chi connectivity index (χ0) is 22.5. The van der Waals surface area contributed by atoms with E-state index in [-0.39, 0.29) is 17.5 Å². The molecule has 2 aromatic carbocycles. The summed E-state index contributed by atoms with van der Waals surface area (Å²) in [6, 6.07) is 6.09. The van der Waals surface area contributed by atoms with Crippen molar-refractivity contribution in [3.63, 3.8) is 0 Å². The van der Waals surface area contributed by atoms with E-state index in [4.69, 9.17) is 0 Å². The van der Waals surface area contributed by atoms with Crippen molar-refractivity contribution in [1.82, 2.24) is 0 Å². The van der Waals surface area contributed by atoms with Crippen LogP contribution in [0.25, 0.3) is 0 Å². The molecule has 5 nitrogen and oxygen atoms in total. The van der Waals surface area contributed by atoms with Crippen molar-refractivity contribution in [2.24, 2.45) is 0 Å². The van der Waals surface area contributed by atoms with Crippen LogP contribution in [-0.2, 0) is 26.7 Å². The summed E-state index contributed by atoms with van der Waals surface area (Å²) in [5.41, 5.74) is 2.37. The number of Topliss-reactive ketones (excluding diaryl/α,β-unsaturated/α-hetero) is 1. The molecule has 0 bridgehead atoms. The maximum atomic E-state index is 14.2. The van der Waals surface area contributed by atoms with Gasteiger partial charge in [-0.15, -0.1) is 0 Å². The molecule has 0 atom stereocenters. The van der Waals surface area contributed by atoms with Gasteiger partial charge in [-0.2, -0.15) is 0 Å². The molecule has 2 fully saturated rings. The Morgan fingerprint density at radius 2 is 1.72 bits per heavy atom. The molecule has 0 heterocycles. The number of rotatable bonds is 5. The molecule has 0 radical (unpaired) electrons. The molecule has 2 saturated carbocycles. The molecule has 0 amide bonds. The quantitative estimate of drug-likeness (QED) is 0.654. The lowest BCUT2D eigenvalue weighted by atomic mass is 9.64. The average Bonchev–Trinajstić information content (AvgIpc) is 3.00. The molecule has 32 heavy (non-hydrogen) atoms. The monoisotopic (exact) mass is 460 g/mol. The van der Waals surface area contributed by atoms with Crippen LogP contribution >= 0.6 is 0 Å². The Hall–Kier alpha value is -2.48. The second-order valence-electron chi connectivity index (χ2n) is 9.25. The predicted molar refractivity (Wildman–Crippen MR) is 118 cm³/mol. The highest BCUT2D eigenvalue weighted by atomic mass is 32.2. The van der Waals surface area contributed by atoms with Crippen molar-refractivity contribution in [3.05, 3.63) is 53.1 Å². The number of hydrogen-bond acceptors (Lipinski definition) is 4. The number of carbonyl (C=O) groups excluding carboxylic acids is 1. The number of anilines is 2. The maximum Gasteiger partial charge on any atom is 0.264 e. The van der Waals surface area contributed by atoms with Crippen molar-refractivity contribution >= 4 is 27.2 Å². The summed E-state index contributed by atoms with van der Waals surface area (Å²) < 4.78 is 55.7. The Balaban J connectivity index is 1.54. The average molecular weight is 461 g/mol. The molecule has 5 rings (SSSR count). The maximum absolute atomic E-state index is 14.2. The highest BCUT2D eigenvalue weighted by molar-refractivity contribution is 7.92. The van der Waals surface area contributed by atoms with Crippen LogP contribution in [0.4, 0.5) is 20.2 Å². The molecule has 170 valence electrons. The first-order valence-corrected chi connectivity index (χ1v) is 12.7. The van der Waals surface area contributed by atoms with Gasteiger partial charge in [-0.1, -0.05) is 25.7 Å². The lowest BCUT2D eigenvalue weighted by molar-refractivity contribution is -0.125. The molecule has 3 aliphatic carbocycles. The Bertz CT molecular complexity index is 1190. The molecule has 1 spiro atoms. The van der Waals surface area contributed by atoms with Gasteiger partial charge in [-0.05, 0) is 61.1 Å². The van der Waals surface area contributed by atoms with E-state index < -0.39 is 32.0 Å². The molecular weight excluding hydrogens is 434 g/mol. The number of halogens is 2. The van der Waals surface area contributed by atoms with Crippen molar-refractivity contribution in [3.8, 4) is 0 Å². The van der Waals surface area contributed by atoms with Crippen LogP contribution in [0.15, 0.2) is 35.2 Å². The number of carbonyl (C=O) groups is 1. The predicted octanol–water partition coefficient (Wildman–Crippen LogP) is 5.06. The van der Waals surface area contributed by atoms with Crippen LogP contribution in [0.3, 0.4) is 0 Å². The Morgan fingerprint density at radius 1 is 0.969 bits per heavy atom. The number of benzene rings is 2. The molecule has 0 unspecified atom stereocenters. The second kappa shape index (κ2) is 7.83. The first-order valence-electron chi connectivity index (χ1n) is 11.2. The fourth-order valence-corrected chi connectivity index (χ4v) is 6.51. The van der Waals surface area contributed by atoms with E-state index in [1.165, 1.54) is 6.42 Å². The van der Waals surface area contributed by atoms with Gasteiger partial charge < -0.3 is 5.32 Å². The largest absolute Gasteiger partial charge is 0.382 e. The summed E-state index contributed by atoms with van der Waals surface area (Å²) in [7, 11) is -4.27. The normalized spacial score (nSPS) is 20.1. The third kappa shape index (κ3) is 3.58. The molecular formula is C24H26F2N2O3S. The van der Waals surface area contributed by atoms with Gasteiger partial charge in [0.2, 0.25) is 0 Å². The van der Waals surface area contributed by atoms with Gasteiger partial charge in [-0.3, -0.25) is 9.52 Å². The first kappa shape index (κ1) is 21.4. The second-order valence-corrected chi connectivity index (χ2v) is 10.9. The first-order chi connectivity index (χ1) is 15.3. The molecule has 0 saturated heterocycles. The van der Waals surface area contributed by atoms with Crippen molar-refractivity contribution in [1.29, 1.82) is 0 Å². The number of sulfonamides is 1. The SMILES string of the molecule is O=C1Cc2c(NC3CCCCC3)cc(NS(=O)(=O)c3ccc(F)cc3F)cc2C12CCC2. The van der Waals surface area contributed by atoms with Gasteiger partial charge in [0.1, 0.15) is 22.3 Å². The van der Waals surface area contributed by atoms with E-state index >= 15 is 0 Å². The van der Waals surface area contributed by atoms with E-state index in [9.17, 15) is 22.0 Å². The number of hydrogen-bond donors (Lipinski definition) is 2. The van der Waals surface area contributed by atoms with E-state index in [1.807, 2.05) is 0 Å². The van der Waals surface area contributed by atoms with E-state index in [2.05, 4.69) is 10.0 Å². The highest BCUT2D eigenvalue weighted by Crippen LogP contribution is 2.53. The zero-order valence-corrected chi connectivity index (χ0v) is 18.5. The molecule has 3 aliphatic rings. The number of nitrogens with one attached hydrogen (secondary N) is 2. The van der Waals surface area contributed by atoms with Gasteiger partial charge in [-0.25, -0.2) is 17.2 Å². The summed E-state index contributed by atoms with van der Waals surface area (Å²) in [4.78, 5) is 12.3. The zero-order valence-electron chi connectivity index (χ0n) is 17.7. The van der Waals surface area contributed by atoms with E-state index in [1.54, 1.807) is 12.1 Å². The third-order valence-electron chi connectivity index (χ3n) is 7.24. The molecule has 0 aliphatic heterocycles. The summed E-state index contributed by atoms with van der Waals surface area (Å²) in [6.07, 6.45) is 8.40. The number of ketones is 1. The van der Waals surface area contributed by atoms with Crippen LogP contribution in [-0.4, -0.2) is 20.2 Å². The van der Waals surface area contributed by atoms with Crippen molar-refractivity contribution in [2.75, 3.05) is 10.0 Å². The van der Waals surface area contributed by atoms with Crippen LogP contribution in [0.2, 0.25) is 0 Å². The smallest absolute Gasteiger partial charge is 0.264 e.